The molecule has 0 aliphatic heterocycles. The second-order valence-corrected chi connectivity index (χ2v) is 5.47. The first-order valence-corrected chi connectivity index (χ1v) is 8.00. The lowest BCUT2D eigenvalue weighted by Gasteiger charge is -2.13. The average Bonchev–Trinajstić information content (AvgIpc) is 2.71. The molecular formula is C14H26BrN3O. The van der Waals surface area contributed by atoms with Crippen LogP contribution in [0.15, 0.2) is 4.47 Å². The molecule has 0 saturated heterocycles. The molecule has 0 amide bonds. The van der Waals surface area contributed by atoms with Crippen LogP contribution in [-0.2, 0) is 24.1 Å². The Morgan fingerprint density at radius 1 is 1.37 bits per heavy atom. The van der Waals surface area contributed by atoms with Gasteiger partial charge in [-0.1, -0.05) is 6.92 Å². The molecule has 0 bridgehead atoms. The molecule has 1 atom stereocenters. The highest BCUT2D eigenvalue weighted by molar-refractivity contribution is 9.10. The van der Waals surface area contributed by atoms with E-state index in [4.69, 9.17) is 10.5 Å². The third-order valence-corrected chi connectivity index (χ3v) is 4.13. The lowest BCUT2D eigenvalue weighted by atomic mass is 10.1. The summed E-state index contributed by atoms with van der Waals surface area (Å²) >= 11 is 3.66. The van der Waals surface area contributed by atoms with Crippen molar-refractivity contribution >= 4 is 15.9 Å². The summed E-state index contributed by atoms with van der Waals surface area (Å²) < 4.78 is 8.54. The molecule has 0 saturated carbocycles. The first kappa shape index (κ1) is 16.7. The number of halogens is 1. The van der Waals surface area contributed by atoms with Gasteiger partial charge >= 0.3 is 0 Å². The van der Waals surface area contributed by atoms with Crippen LogP contribution < -0.4 is 5.73 Å². The van der Waals surface area contributed by atoms with Crippen LogP contribution in [-0.4, -0.2) is 29.0 Å². The zero-order chi connectivity index (χ0) is 14.3. The SMILES string of the molecule is CCOCCCC(N)Cc1c(Br)c(CC)nn1CC. The van der Waals surface area contributed by atoms with Crippen LogP contribution in [0.4, 0.5) is 0 Å². The Kier molecular flexibility index (Phi) is 7.64. The van der Waals surface area contributed by atoms with E-state index in [0.29, 0.717) is 0 Å². The van der Waals surface area contributed by atoms with E-state index in [1.807, 2.05) is 6.92 Å². The Balaban J connectivity index is 2.57. The van der Waals surface area contributed by atoms with E-state index in [9.17, 15) is 0 Å². The quantitative estimate of drug-likeness (QED) is 0.708. The number of nitrogens with zero attached hydrogens (tertiary/aromatic N) is 2. The normalized spacial score (nSPS) is 12.9. The summed E-state index contributed by atoms with van der Waals surface area (Å²) in [5, 5.41) is 4.60. The number of ether oxygens (including phenoxy) is 1. The Bertz CT molecular complexity index is 379. The molecule has 0 aliphatic rings. The van der Waals surface area contributed by atoms with E-state index >= 15 is 0 Å². The summed E-state index contributed by atoms with van der Waals surface area (Å²) in [5.41, 5.74) is 8.56. The average molecular weight is 332 g/mol. The molecule has 1 aromatic rings. The highest BCUT2D eigenvalue weighted by Gasteiger charge is 2.16. The van der Waals surface area contributed by atoms with E-state index < -0.39 is 0 Å². The second kappa shape index (κ2) is 8.72. The number of aromatic nitrogens is 2. The van der Waals surface area contributed by atoms with Gasteiger partial charge in [0.15, 0.2) is 0 Å². The van der Waals surface area contributed by atoms with E-state index in [1.165, 1.54) is 5.69 Å². The van der Waals surface area contributed by atoms with Crippen LogP contribution in [0, 0.1) is 0 Å². The molecule has 1 heterocycles. The molecule has 0 aromatic carbocycles. The van der Waals surface area contributed by atoms with Gasteiger partial charge in [0.1, 0.15) is 0 Å². The number of hydrogen-bond donors (Lipinski definition) is 1. The number of hydrogen-bond acceptors (Lipinski definition) is 3. The standard InChI is InChI=1S/C14H26BrN3O/c1-4-12-14(15)13(18(5-2)17-12)10-11(16)8-7-9-19-6-3/h11H,4-10,16H2,1-3H3. The number of rotatable bonds is 9. The van der Waals surface area contributed by atoms with Crippen molar-refractivity contribution in [2.45, 2.75) is 59.0 Å². The maximum atomic E-state index is 6.21. The van der Waals surface area contributed by atoms with Crippen LogP contribution in [0.3, 0.4) is 0 Å². The van der Waals surface area contributed by atoms with Crippen molar-refractivity contribution in [3.05, 3.63) is 15.9 Å². The maximum absolute atomic E-state index is 6.21. The Morgan fingerprint density at radius 3 is 2.68 bits per heavy atom. The molecule has 19 heavy (non-hydrogen) atoms. The molecule has 0 spiro atoms. The van der Waals surface area contributed by atoms with Crippen LogP contribution in [0.2, 0.25) is 0 Å². The maximum Gasteiger partial charge on any atom is 0.0766 e. The predicted octanol–water partition coefficient (Wildman–Crippen LogP) is 2.91. The lowest BCUT2D eigenvalue weighted by Crippen LogP contribution is -2.25. The summed E-state index contributed by atoms with van der Waals surface area (Å²) in [7, 11) is 0. The van der Waals surface area contributed by atoms with Gasteiger partial charge in [-0.3, -0.25) is 4.68 Å². The molecule has 5 heteroatoms. The lowest BCUT2D eigenvalue weighted by molar-refractivity contribution is 0.142. The molecule has 2 N–H and O–H groups in total. The fourth-order valence-electron chi connectivity index (χ4n) is 2.15. The van der Waals surface area contributed by atoms with Crippen LogP contribution in [0.25, 0.3) is 0 Å². The first-order valence-electron chi connectivity index (χ1n) is 7.21. The third kappa shape index (κ3) is 4.89. The van der Waals surface area contributed by atoms with Gasteiger partial charge in [0.2, 0.25) is 0 Å². The van der Waals surface area contributed by atoms with Gasteiger partial charge in [-0.2, -0.15) is 5.10 Å². The van der Waals surface area contributed by atoms with Gasteiger partial charge in [-0.05, 0) is 49.0 Å². The molecule has 0 radical (unpaired) electrons. The van der Waals surface area contributed by atoms with Crippen molar-refractivity contribution in [1.82, 2.24) is 9.78 Å². The van der Waals surface area contributed by atoms with Gasteiger partial charge in [-0.15, -0.1) is 0 Å². The minimum absolute atomic E-state index is 0.170. The predicted molar refractivity (Wildman–Crippen MR) is 82.4 cm³/mol. The molecular weight excluding hydrogens is 306 g/mol. The molecule has 0 fully saturated rings. The number of aryl methyl sites for hydroxylation is 2. The minimum Gasteiger partial charge on any atom is -0.382 e. The van der Waals surface area contributed by atoms with Crippen molar-refractivity contribution in [3.63, 3.8) is 0 Å². The van der Waals surface area contributed by atoms with E-state index in [-0.39, 0.29) is 6.04 Å². The van der Waals surface area contributed by atoms with Gasteiger partial charge < -0.3 is 10.5 Å². The summed E-state index contributed by atoms with van der Waals surface area (Å²) in [6, 6.07) is 0.170. The third-order valence-electron chi connectivity index (χ3n) is 3.22. The highest BCUT2D eigenvalue weighted by atomic mass is 79.9. The zero-order valence-corrected chi connectivity index (χ0v) is 13.9. The van der Waals surface area contributed by atoms with Crippen LogP contribution >= 0.6 is 15.9 Å². The molecule has 0 aliphatic carbocycles. The smallest absolute Gasteiger partial charge is 0.0766 e. The first-order chi connectivity index (χ1) is 9.13. The van der Waals surface area contributed by atoms with E-state index in [1.54, 1.807) is 0 Å². The minimum atomic E-state index is 0.170. The van der Waals surface area contributed by atoms with Crippen molar-refractivity contribution in [3.8, 4) is 0 Å². The summed E-state index contributed by atoms with van der Waals surface area (Å²) in [6.07, 6.45) is 3.82. The van der Waals surface area contributed by atoms with Crippen molar-refractivity contribution < 1.29 is 4.74 Å². The van der Waals surface area contributed by atoms with Crippen molar-refractivity contribution in [2.24, 2.45) is 5.73 Å². The van der Waals surface area contributed by atoms with Crippen molar-refractivity contribution in [1.29, 1.82) is 0 Å². The molecule has 1 aromatic heterocycles. The van der Waals surface area contributed by atoms with E-state index in [2.05, 4.69) is 39.6 Å². The second-order valence-electron chi connectivity index (χ2n) is 4.68. The summed E-state index contributed by atoms with van der Waals surface area (Å²) in [5.74, 6) is 0. The monoisotopic (exact) mass is 331 g/mol. The Labute approximate surface area is 124 Å². The van der Waals surface area contributed by atoms with Gasteiger partial charge in [0.25, 0.3) is 0 Å². The topological polar surface area (TPSA) is 53.1 Å². The molecule has 4 nitrogen and oxygen atoms in total. The largest absolute Gasteiger partial charge is 0.382 e. The fourth-order valence-corrected chi connectivity index (χ4v) is 2.88. The van der Waals surface area contributed by atoms with Gasteiger partial charge in [0.05, 0.1) is 15.9 Å². The van der Waals surface area contributed by atoms with Gasteiger partial charge in [0, 0.05) is 32.2 Å². The summed E-state index contributed by atoms with van der Waals surface area (Å²) in [4.78, 5) is 0. The Morgan fingerprint density at radius 2 is 2.11 bits per heavy atom. The summed E-state index contributed by atoms with van der Waals surface area (Å²) in [6.45, 7) is 8.73. The van der Waals surface area contributed by atoms with Crippen molar-refractivity contribution in [2.75, 3.05) is 13.2 Å². The van der Waals surface area contributed by atoms with Crippen LogP contribution in [0.1, 0.15) is 45.0 Å². The van der Waals surface area contributed by atoms with E-state index in [0.717, 1.165) is 55.6 Å². The number of nitrogens with two attached hydrogens (primary N) is 1. The zero-order valence-electron chi connectivity index (χ0n) is 12.3. The molecule has 1 unspecified atom stereocenters. The molecule has 1 rings (SSSR count). The highest BCUT2D eigenvalue weighted by Crippen LogP contribution is 2.23. The Hall–Kier alpha value is -0.390. The molecule has 110 valence electrons. The fraction of sp³-hybridized carbons (Fsp3) is 0.786. The van der Waals surface area contributed by atoms with Crippen LogP contribution in [0.5, 0.6) is 0 Å². The van der Waals surface area contributed by atoms with Gasteiger partial charge in [-0.25, -0.2) is 0 Å².